The van der Waals surface area contributed by atoms with E-state index >= 15 is 0 Å². The lowest BCUT2D eigenvalue weighted by atomic mass is 10.1. The summed E-state index contributed by atoms with van der Waals surface area (Å²) in [6.45, 7) is 8.38. The van der Waals surface area contributed by atoms with E-state index in [0.29, 0.717) is 12.1 Å². The minimum Gasteiger partial charge on any atom is -0.381 e. The Labute approximate surface area is 122 Å². The summed E-state index contributed by atoms with van der Waals surface area (Å²) < 4.78 is 5.40. The molecule has 1 saturated heterocycles. The minimum absolute atomic E-state index is 0.448. The second kappa shape index (κ2) is 7.72. The third-order valence-electron chi connectivity index (χ3n) is 3.85. The Balaban J connectivity index is 1.79. The molecule has 4 heteroatoms. The summed E-state index contributed by atoms with van der Waals surface area (Å²) in [7, 11) is 1.81. The Hall–Kier alpha value is -0.970. The summed E-state index contributed by atoms with van der Waals surface area (Å²) in [5, 5.41) is 3.41. The SMILES string of the molecule is COC1CCN(Cc2ccc(CNC(C)C)cn2)CC1. The average molecular weight is 277 g/mol. The number of likely N-dealkylation sites (tertiary alicyclic amines) is 1. The van der Waals surface area contributed by atoms with E-state index in [9.17, 15) is 0 Å². The molecule has 0 saturated carbocycles. The summed E-state index contributed by atoms with van der Waals surface area (Å²) in [5.74, 6) is 0. The molecule has 0 spiro atoms. The molecule has 0 amide bonds. The van der Waals surface area contributed by atoms with E-state index in [4.69, 9.17) is 4.74 Å². The Morgan fingerprint density at radius 2 is 2.10 bits per heavy atom. The van der Waals surface area contributed by atoms with Gasteiger partial charge in [0.25, 0.3) is 0 Å². The molecular formula is C16H27N3O. The Morgan fingerprint density at radius 1 is 1.35 bits per heavy atom. The van der Waals surface area contributed by atoms with E-state index < -0.39 is 0 Å². The molecule has 0 unspecified atom stereocenters. The van der Waals surface area contributed by atoms with E-state index in [-0.39, 0.29) is 0 Å². The molecule has 0 aromatic carbocycles. The number of hydrogen-bond donors (Lipinski definition) is 1. The number of nitrogens with zero attached hydrogens (tertiary/aromatic N) is 2. The van der Waals surface area contributed by atoms with Crippen LogP contribution in [0, 0.1) is 0 Å². The van der Waals surface area contributed by atoms with Crippen LogP contribution in [0.3, 0.4) is 0 Å². The van der Waals surface area contributed by atoms with Crippen molar-refractivity contribution in [3.8, 4) is 0 Å². The van der Waals surface area contributed by atoms with Crippen LogP contribution < -0.4 is 5.32 Å². The zero-order valence-corrected chi connectivity index (χ0v) is 12.9. The predicted molar refractivity (Wildman–Crippen MR) is 81.5 cm³/mol. The average Bonchev–Trinajstić information content (AvgIpc) is 2.47. The molecule has 1 aliphatic rings. The molecule has 0 bridgehead atoms. The molecule has 0 atom stereocenters. The Morgan fingerprint density at radius 3 is 2.65 bits per heavy atom. The van der Waals surface area contributed by atoms with E-state index in [1.54, 1.807) is 0 Å². The number of rotatable bonds is 6. The number of methoxy groups -OCH3 is 1. The van der Waals surface area contributed by atoms with E-state index in [2.05, 4.69) is 41.2 Å². The van der Waals surface area contributed by atoms with Crippen molar-refractivity contribution in [2.24, 2.45) is 0 Å². The third kappa shape index (κ3) is 4.85. The number of piperidine rings is 1. The summed E-state index contributed by atoms with van der Waals surface area (Å²) >= 11 is 0. The highest BCUT2D eigenvalue weighted by atomic mass is 16.5. The fraction of sp³-hybridized carbons (Fsp3) is 0.688. The van der Waals surface area contributed by atoms with Gasteiger partial charge in [0.05, 0.1) is 11.8 Å². The van der Waals surface area contributed by atoms with Crippen LogP contribution in [0.1, 0.15) is 37.9 Å². The third-order valence-corrected chi connectivity index (χ3v) is 3.85. The van der Waals surface area contributed by atoms with Crippen molar-refractivity contribution in [2.75, 3.05) is 20.2 Å². The quantitative estimate of drug-likeness (QED) is 0.865. The molecule has 1 N–H and O–H groups in total. The first kappa shape index (κ1) is 15.4. The summed E-state index contributed by atoms with van der Waals surface area (Å²) in [6, 6.07) is 4.84. The zero-order valence-electron chi connectivity index (χ0n) is 12.9. The fourth-order valence-corrected chi connectivity index (χ4v) is 2.51. The molecule has 1 fully saturated rings. The normalized spacial score (nSPS) is 17.8. The molecule has 0 radical (unpaired) electrons. The molecule has 4 nitrogen and oxygen atoms in total. The van der Waals surface area contributed by atoms with Crippen LogP contribution in [0.5, 0.6) is 0 Å². The number of hydrogen-bond acceptors (Lipinski definition) is 4. The van der Waals surface area contributed by atoms with E-state index in [1.165, 1.54) is 5.56 Å². The highest BCUT2D eigenvalue weighted by Gasteiger charge is 2.18. The van der Waals surface area contributed by atoms with Crippen LogP contribution in [0.25, 0.3) is 0 Å². The van der Waals surface area contributed by atoms with Crippen molar-refractivity contribution >= 4 is 0 Å². The van der Waals surface area contributed by atoms with Gasteiger partial charge in [0.2, 0.25) is 0 Å². The topological polar surface area (TPSA) is 37.4 Å². The maximum Gasteiger partial charge on any atom is 0.0595 e. The van der Waals surface area contributed by atoms with Gasteiger partial charge in [-0.15, -0.1) is 0 Å². The van der Waals surface area contributed by atoms with Crippen LogP contribution in [0.4, 0.5) is 0 Å². The van der Waals surface area contributed by atoms with Gasteiger partial charge in [0.1, 0.15) is 0 Å². The lowest BCUT2D eigenvalue weighted by Gasteiger charge is -2.30. The summed E-state index contributed by atoms with van der Waals surface area (Å²) in [4.78, 5) is 7.04. The van der Waals surface area contributed by atoms with E-state index in [1.807, 2.05) is 13.3 Å². The minimum atomic E-state index is 0.448. The molecule has 20 heavy (non-hydrogen) atoms. The van der Waals surface area contributed by atoms with Crippen LogP contribution >= 0.6 is 0 Å². The summed E-state index contributed by atoms with van der Waals surface area (Å²) in [5.41, 5.74) is 2.41. The second-order valence-corrected chi connectivity index (χ2v) is 5.90. The van der Waals surface area contributed by atoms with Gasteiger partial charge in [-0.05, 0) is 24.5 Å². The smallest absolute Gasteiger partial charge is 0.0595 e. The number of aromatic nitrogens is 1. The molecule has 112 valence electrons. The van der Waals surface area contributed by atoms with Crippen LogP contribution in [-0.2, 0) is 17.8 Å². The van der Waals surface area contributed by atoms with Gasteiger partial charge in [-0.25, -0.2) is 0 Å². The van der Waals surface area contributed by atoms with Gasteiger partial charge in [-0.3, -0.25) is 9.88 Å². The van der Waals surface area contributed by atoms with Gasteiger partial charge in [-0.1, -0.05) is 19.9 Å². The Bertz CT molecular complexity index is 383. The molecule has 1 aromatic heterocycles. The lowest BCUT2D eigenvalue weighted by Crippen LogP contribution is -2.36. The van der Waals surface area contributed by atoms with Crippen molar-refractivity contribution in [1.29, 1.82) is 0 Å². The maximum atomic E-state index is 5.40. The number of nitrogens with one attached hydrogen (secondary N) is 1. The fourth-order valence-electron chi connectivity index (χ4n) is 2.51. The first-order valence-corrected chi connectivity index (χ1v) is 7.59. The standard InChI is InChI=1S/C16H27N3O/c1-13(2)17-10-14-4-5-15(18-11-14)12-19-8-6-16(20-3)7-9-19/h4-5,11,13,16-17H,6-10,12H2,1-3H3. The van der Waals surface area contributed by atoms with Gasteiger partial charge < -0.3 is 10.1 Å². The summed E-state index contributed by atoms with van der Waals surface area (Å²) in [6.07, 6.45) is 4.70. The molecule has 1 aromatic rings. The number of ether oxygens (including phenoxy) is 1. The van der Waals surface area contributed by atoms with Crippen molar-refractivity contribution in [3.63, 3.8) is 0 Å². The van der Waals surface area contributed by atoms with Crippen LogP contribution in [-0.4, -0.2) is 42.2 Å². The highest BCUT2D eigenvalue weighted by Crippen LogP contribution is 2.15. The largest absolute Gasteiger partial charge is 0.381 e. The van der Waals surface area contributed by atoms with Crippen LogP contribution in [0.15, 0.2) is 18.3 Å². The molecule has 1 aliphatic heterocycles. The zero-order chi connectivity index (χ0) is 14.4. The molecular weight excluding hydrogens is 250 g/mol. The van der Waals surface area contributed by atoms with Crippen molar-refractivity contribution in [2.45, 2.75) is 51.9 Å². The highest BCUT2D eigenvalue weighted by molar-refractivity contribution is 5.14. The van der Waals surface area contributed by atoms with Gasteiger partial charge in [-0.2, -0.15) is 0 Å². The molecule has 2 heterocycles. The monoisotopic (exact) mass is 277 g/mol. The lowest BCUT2D eigenvalue weighted by molar-refractivity contribution is 0.0385. The van der Waals surface area contributed by atoms with Gasteiger partial charge in [0.15, 0.2) is 0 Å². The molecule has 0 aliphatic carbocycles. The first-order chi connectivity index (χ1) is 9.67. The van der Waals surface area contributed by atoms with E-state index in [0.717, 1.165) is 44.7 Å². The molecule has 2 rings (SSSR count). The van der Waals surface area contributed by atoms with Gasteiger partial charge in [0, 0.05) is 45.5 Å². The van der Waals surface area contributed by atoms with Crippen LogP contribution in [0.2, 0.25) is 0 Å². The predicted octanol–water partition coefficient (Wildman–Crippen LogP) is 2.19. The van der Waals surface area contributed by atoms with Crippen molar-refractivity contribution in [1.82, 2.24) is 15.2 Å². The second-order valence-electron chi connectivity index (χ2n) is 5.90. The Kier molecular flexibility index (Phi) is 5.95. The van der Waals surface area contributed by atoms with Crippen molar-refractivity contribution < 1.29 is 4.74 Å². The first-order valence-electron chi connectivity index (χ1n) is 7.59. The van der Waals surface area contributed by atoms with Gasteiger partial charge >= 0.3 is 0 Å². The van der Waals surface area contributed by atoms with Crippen molar-refractivity contribution in [3.05, 3.63) is 29.6 Å². The maximum absolute atomic E-state index is 5.40. The number of pyridine rings is 1.